The van der Waals surface area contributed by atoms with Crippen LogP contribution in [0.2, 0.25) is 10.0 Å². The van der Waals surface area contributed by atoms with E-state index >= 15 is 0 Å². The molecular formula is C20H20Cl2N4O2. The van der Waals surface area contributed by atoms with Crippen molar-refractivity contribution in [3.63, 3.8) is 0 Å². The molecule has 0 aliphatic heterocycles. The van der Waals surface area contributed by atoms with E-state index in [0.29, 0.717) is 46.7 Å². The van der Waals surface area contributed by atoms with Crippen molar-refractivity contribution in [3.8, 4) is 11.4 Å². The van der Waals surface area contributed by atoms with Gasteiger partial charge in [-0.25, -0.2) is 0 Å². The lowest BCUT2D eigenvalue weighted by Gasteiger charge is -2.19. The number of aromatic nitrogens is 2. The van der Waals surface area contributed by atoms with E-state index in [0.717, 1.165) is 11.3 Å². The number of carbonyl (C=O) groups excluding carboxylic acids is 1. The van der Waals surface area contributed by atoms with E-state index < -0.39 is 0 Å². The van der Waals surface area contributed by atoms with E-state index in [-0.39, 0.29) is 5.91 Å². The summed E-state index contributed by atoms with van der Waals surface area (Å²) in [5.74, 6) is 0.906. The fourth-order valence-electron chi connectivity index (χ4n) is 2.76. The molecule has 0 saturated heterocycles. The molecule has 28 heavy (non-hydrogen) atoms. The van der Waals surface area contributed by atoms with Crippen LogP contribution < -0.4 is 10.2 Å². The molecule has 3 rings (SSSR count). The first kappa shape index (κ1) is 20.2. The average Bonchev–Trinajstić information content (AvgIpc) is 3.11. The summed E-state index contributed by atoms with van der Waals surface area (Å²) in [6.07, 6.45) is 1.44. The van der Waals surface area contributed by atoms with E-state index in [4.69, 9.17) is 27.7 Å². The van der Waals surface area contributed by atoms with E-state index in [1.807, 2.05) is 43.3 Å². The highest BCUT2D eigenvalue weighted by Gasteiger charge is 2.13. The second-order valence-corrected chi connectivity index (χ2v) is 7.29. The molecule has 6 nitrogen and oxygen atoms in total. The number of halogens is 2. The van der Waals surface area contributed by atoms with Gasteiger partial charge < -0.3 is 14.7 Å². The van der Waals surface area contributed by atoms with Crippen LogP contribution >= 0.6 is 23.2 Å². The number of benzene rings is 2. The molecule has 0 aliphatic rings. The Balaban J connectivity index is 1.54. The van der Waals surface area contributed by atoms with E-state index in [2.05, 4.69) is 15.5 Å². The highest BCUT2D eigenvalue weighted by Crippen LogP contribution is 2.32. The number of carbonyl (C=O) groups is 1. The van der Waals surface area contributed by atoms with Gasteiger partial charge >= 0.3 is 0 Å². The molecule has 2 aromatic carbocycles. The maximum atomic E-state index is 12.3. The van der Waals surface area contributed by atoms with Crippen LogP contribution in [0.5, 0.6) is 0 Å². The molecule has 1 heterocycles. The van der Waals surface area contributed by atoms with Gasteiger partial charge in [0.05, 0.1) is 16.4 Å². The van der Waals surface area contributed by atoms with Gasteiger partial charge in [-0.15, -0.1) is 0 Å². The van der Waals surface area contributed by atoms with Gasteiger partial charge in [-0.1, -0.05) is 34.4 Å². The molecular weight excluding hydrogens is 399 g/mol. The van der Waals surface area contributed by atoms with Crippen LogP contribution in [0.4, 0.5) is 11.4 Å². The summed E-state index contributed by atoms with van der Waals surface area (Å²) in [6, 6.07) is 12.6. The first-order valence-electron chi connectivity index (χ1n) is 8.78. The molecule has 146 valence electrons. The molecule has 8 heteroatoms. The Kier molecular flexibility index (Phi) is 6.54. The summed E-state index contributed by atoms with van der Waals surface area (Å²) in [5, 5.41) is 8.12. The second-order valence-electron chi connectivity index (χ2n) is 6.45. The van der Waals surface area contributed by atoms with Crippen molar-refractivity contribution in [3.05, 3.63) is 58.4 Å². The Labute approximate surface area is 173 Å². The zero-order chi connectivity index (χ0) is 20.1. The van der Waals surface area contributed by atoms with Crippen molar-refractivity contribution in [2.45, 2.75) is 19.3 Å². The topological polar surface area (TPSA) is 71.3 Å². The number of hydrogen-bond acceptors (Lipinski definition) is 5. The van der Waals surface area contributed by atoms with E-state index in [1.54, 1.807) is 18.2 Å². The average molecular weight is 419 g/mol. The van der Waals surface area contributed by atoms with Gasteiger partial charge in [-0.3, -0.25) is 4.79 Å². The Morgan fingerprint density at radius 2 is 1.89 bits per heavy atom. The summed E-state index contributed by atoms with van der Waals surface area (Å²) in [5.41, 5.74) is 2.29. The van der Waals surface area contributed by atoms with Crippen molar-refractivity contribution in [1.29, 1.82) is 0 Å². The van der Waals surface area contributed by atoms with Crippen molar-refractivity contribution in [2.75, 3.05) is 24.3 Å². The summed E-state index contributed by atoms with van der Waals surface area (Å²) in [7, 11) is 3.76. The Morgan fingerprint density at radius 3 is 2.61 bits per heavy atom. The molecule has 0 saturated carbocycles. The predicted octanol–water partition coefficient (Wildman–Crippen LogP) is 5.07. The van der Waals surface area contributed by atoms with Gasteiger partial charge in [0, 0.05) is 37.5 Å². The third kappa shape index (κ3) is 5.03. The zero-order valence-electron chi connectivity index (χ0n) is 15.6. The molecule has 0 spiro atoms. The minimum atomic E-state index is -0.0946. The van der Waals surface area contributed by atoms with E-state index in [9.17, 15) is 4.79 Å². The molecule has 0 atom stereocenters. The minimum absolute atomic E-state index is 0.0946. The molecule has 0 fully saturated rings. The molecule has 0 radical (unpaired) electrons. The van der Waals surface area contributed by atoms with Crippen LogP contribution in [0.15, 0.2) is 47.0 Å². The quantitative estimate of drug-likeness (QED) is 0.579. The van der Waals surface area contributed by atoms with Gasteiger partial charge in [0.2, 0.25) is 17.6 Å². The maximum absolute atomic E-state index is 12.3. The number of anilines is 2. The number of hydrogen-bond donors (Lipinski definition) is 1. The monoisotopic (exact) mass is 418 g/mol. The van der Waals surface area contributed by atoms with Crippen molar-refractivity contribution in [1.82, 2.24) is 10.1 Å². The standard InChI is InChI=1S/C20H20Cl2N4O2/c1-26(2)19-15(22)5-3-6-16(19)23-17(27)7-4-8-18-24-20(25-28-18)13-9-11-14(21)12-10-13/h3,5-6,9-12H,4,7-8H2,1-2H3,(H,23,27). The van der Waals surface area contributed by atoms with Crippen LogP contribution in [0.3, 0.4) is 0 Å². The van der Waals surface area contributed by atoms with Crippen LogP contribution in [-0.4, -0.2) is 30.1 Å². The smallest absolute Gasteiger partial charge is 0.226 e. The summed E-state index contributed by atoms with van der Waals surface area (Å²) in [6.45, 7) is 0. The third-order valence-corrected chi connectivity index (χ3v) is 4.63. The first-order valence-corrected chi connectivity index (χ1v) is 9.54. The number of para-hydroxylation sites is 1. The van der Waals surface area contributed by atoms with Gasteiger partial charge in [-0.05, 0) is 42.8 Å². The first-order chi connectivity index (χ1) is 13.4. The number of amides is 1. The highest BCUT2D eigenvalue weighted by molar-refractivity contribution is 6.34. The zero-order valence-corrected chi connectivity index (χ0v) is 17.1. The Morgan fingerprint density at radius 1 is 1.14 bits per heavy atom. The molecule has 0 unspecified atom stereocenters. The normalized spacial score (nSPS) is 10.7. The van der Waals surface area contributed by atoms with Crippen LogP contribution in [0.25, 0.3) is 11.4 Å². The summed E-state index contributed by atoms with van der Waals surface area (Å²) < 4.78 is 5.27. The SMILES string of the molecule is CN(C)c1c(Cl)cccc1NC(=O)CCCc1nc(-c2ccc(Cl)cc2)no1. The molecule has 1 N–H and O–H groups in total. The number of nitrogens with zero attached hydrogens (tertiary/aromatic N) is 3. The second kappa shape index (κ2) is 9.08. The van der Waals surface area contributed by atoms with Gasteiger partial charge in [0.1, 0.15) is 0 Å². The minimum Gasteiger partial charge on any atom is -0.375 e. The lowest BCUT2D eigenvalue weighted by Crippen LogP contribution is -2.17. The van der Waals surface area contributed by atoms with Gasteiger partial charge in [0.15, 0.2) is 0 Å². The predicted molar refractivity (Wildman–Crippen MR) is 112 cm³/mol. The van der Waals surface area contributed by atoms with E-state index in [1.165, 1.54) is 0 Å². The molecule has 3 aromatic rings. The van der Waals surface area contributed by atoms with Crippen LogP contribution in [0.1, 0.15) is 18.7 Å². The highest BCUT2D eigenvalue weighted by atomic mass is 35.5. The van der Waals surface area contributed by atoms with Gasteiger partial charge in [-0.2, -0.15) is 4.98 Å². The number of aryl methyl sites for hydroxylation is 1. The summed E-state index contributed by atoms with van der Waals surface area (Å²) in [4.78, 5) is 18.5. The van der Waals surface area contributed by atoms with Crippen LogP contribution in [0, 0.1) is 0 Å². The lowest BCUT2D eigenvalue weighted by molar-refractivity contribution is -0.116. The number of nitrogens with one attached hydrogen (secondary N) is 1. The molecule has 0 aliphatic carbocycles. The van der Waals surface area contributed by atoms with Crippen LogP contribution in [-0.2, 0) is 11.2 Å². The fourth-order valence-corrected chi connectivity index (χ4v) is 3.23. The lowest BCUT2D eigenvalue weighted by atomic mass is 10.2. The van der Waals surface area contributed by atoms with Crippen molar-refractivity contribution in [2.24, 2.45) is 0 Å². The molecule has 1 aromatic heterocycles. The maximum Gasteiger partial charge on any atom is 0.226 e. The Hall–Kier alpha value is -2.57. The van der Waals surface area contributed by atoms with Crippen molar-refractivity contribution < 1.29 is 9.32 Å². The fraction of sp³-hybridized carbons (Fsp3) is 0.250. The third-order valence-electron chi connectivity index (χ3n) is 4.07. The molecule has 1 amide bonds. The van der Waals surface area contributed by atoms with Gasteiger partial charge in [0.25, 0.3) is 0 Å². The Bertz CT molecular complexity index is 955. The van der Waals surface area contributed by atoms with Crippen molar-refractivity contribution >= 4 is 40.5 Å². The molecule has 0 bridgehead atoms. The summed E-state index contributed by atoms with van der Waals surface area (Å²) >= 11 is 12.1. The largest absolute Gasteiger partial charge is 0.375 e. The number of rotatable bonds is 7.